The van der Waals surface area contributed by atoms with Gasteiger partial charge in [0, 0.05) is 5.57 Å². The van der Waals surface area contributed by atoms with Crippen LogP contribution in [0.25, 0.3) is 0 Å². The van der Waals surface area contributed by atoms with Crippen LogP contribution in [0, 0.1) is 0 Å². The smallest absolute Gasteiger partial charge is 0.459 e. The summed E-state index contributed by atoms with van der Waals surface area (Å²) in [7, 11) is 0. The maximum absolute atomic E-state index is 11.3. The van der Waals surface area contributed by atoms with Crippen LogP contribution in [-0.2, 0) is 19.0 Å². The van der Waals surface area contributed by atoms with Crippen LogP contribution in [0.15, 0.2) is 12.2 Å². The molecule has 1 saturated carbocycles. The Morgan fingerprint density at radius 2 is 1.72 bits per heavy atom. The van der Waals surface area contributed by atoms with Gasteiger partial charge in [0.2, 0.25) is 0 Å². The van der Waals surface area contributed by atoms with Gasteiger partial charge < -0.3 is 14.2 Å². The van der Waals surface area contributed by atoms with Crippen LogP contribution >= 0.6 is 0 Å². The minimum Gasteiger partial charge on any atom is -0.459 e. The van der Waals surface area contributed by atoms with E-state index in [0.29, 0.717) is 5.57 Å². The van der Waals surface area contributed by atoms with Crippen LogP contribution in [0.5, 0.6) is 0 Å². The topological polar surface area (TPSA) is 61.8 Å². The van der Waals surface area contributed by atoms with Gasteiger partial charge in [0.1, 0.15) is 19.3 Å². The van der Waals surface area contributed by atoms with Crippen molar-refractivity contribution in [2.45, 2.75) is 45.1 Å². The summed E-state index contributed by atoms with van der Waals surface area (Å²) in [5, 5.41) is 0. The highest BCUT2D eigenvalue weighted by molar-refractivity contribution is 5.86. The highest BCUT2D eigenvalue weighted by atomic mass is 16.7. The van der Waals surface area contributed by atoms with Gasteiger partial charge in [-0.05, 0) is 32.6 Å². The largest absolute Gasteiger partial charge is 0.508 e. The number of hydrogen-bond donors (Lipinski definition) is 0. The van der Waals surface area contributed by atoms with Crippen molar-refractivity contribution in [3.63, 3.8) is 0 Å². The zero-order chi connectivity index (χ0) is 13.4. The molecule has 0 aromatic rings. The van der Waals surface area contributed by atoms with E-state index in [4.69, 9.17) is 14.2 Å². The Morgan fingerprint density at radius 1 is 1.11 bits per heavy atom. The number of carbonyl (C=O) groups is 2. The van der Waals surface area contributed by atoms with Crippen molar-refractivity contribution in [1.29, 1.82) is 0 Å². The van der Waals surface area contributed by atoms with Crippen molar-refractivity contribution in [2.24, 2.45) is 0 Å². The minimum atomic E-state index is -0.687. The summed E-state index contributed by atoms with van der Waals surface area (Å²) < 4.78 is 14.7. The lowest BCUT2D eigenvalue weighted by Gasteiger charge is -2.21. The van der Waals surface area contributed by atoms with E-state index >= 15 is 0 Å². The summed E-state index contributed by atoms with van der Waals surface area (Å²) in [6.07, 6.45) is 4.48. The Hall–Kier alpha value is -1.52. The molecule has 0 spiro atoms. The van der Waals surface area contributed by atoms with Crippen LogP contribution in [0.4, 0.5) is 4.79 Å². The predicted molar refractivity (Wildman–Crippen MR) is 65.1 cm³/mol. The lowest BCUT2D eigenvalue weighted by molar-refractivity contribution is -0.140. The first-order chi connectivity index (χ1) is 8.59. The third-order valence-electron chi connectivity index (χ3n) is 2.70. The maximum atomic E-state index is 11.3. The molecule has 102 valence electrons. The highest BCUT2D eigenvalue weighted by Gasteiger charge is 2.18. The molecule has 0 bridgehead atoms. The van der Waals surface area contributed by atoms with Crippen molar-refractivity contribution in [3.05, 3.63) is 12.2 Å². The van der Waals surface area contributed by atoms with Crippen LogP contribution < -0.4 is 0 Å². The Kier molecular flexibility index (Phi) is 6.25. The SMILES string of the molecule is C=C(C)C(=O)OCCOC(=O)OC1CCCCC1. The van der Waals surface area contributed by atoms with E-state index in [-0.39, 0.29) is 19.3 Å². The average molecular weight is 256 g/mol. The molecule has 1 fully saturated rings. The normalized spacial score (nSPS) is 15.8. The highest BCUT2D eigenvalue weighted by Crippen LogP contribution is 2.20. The van der Waals surface area contributed by atoms with Gasteiger partial charge in [0.25, 0.3) is 0 Å². The number of rotatable bonds is 5. The molecule has 0 amide bonds. The Labute approximate surface area is 107 Å². The molecular formula is C13H20O5. The first kappa shape index (κ1) is 14.5. The van der Waals surface area contributed by atoms with Gasteiger partial charge in [0.15, 0.2) is 0 Å². The molecule has 0 aromatic heterocycles. The average Bonchev–Trinajstić information content (AvgIpc) is 2.35. The van der Waals surface area contributed by atoms with Gasteiger partial charge in [-0.2, -0.15) is 0 Å². The van der Waals surface area contributed by atoms with Crippen LogP contribution in [0.2, 0.25) is 0 Å². The van der Waals surface area contributed by atoms with Gasteiger partial charge in [0.05, 0.1) is 0 Å². The Bertz CT molecular complexity index is 305. The summed E-state index contributed by atoms with van der Waals surface area (Å²) in [6.45, 7) is 5.02. The zero-order valence-electron chi connectivity index (χ0n) is 10.8. The lowest BCUT2D eigenvalue weighted by atomic mass is 9.98. The van der Waals surface area contributed by atoms with Gasteiger partial charge in [-0.3, -0.25) is 0 Å². The van der Waals surface area contributed by atoms with Crippen molar-refractivity contribution in [3.8, 4) is 0 Å². The van der Waals surface area contributed by atoms with Crippen molar-refractivity contribution in [2.75, 3.05) is 13.2 Å². The molecule has 0 aromatic carbocycles. The Balaban J connectivity index is 2.06. The van der Waals surface area contributed by atoms with E-state index in [1.165, 1.54) is 6.42 Å². The fourth-order valence-electron chi connectivity index (χ4n) is 1.74. The van der Waals surface area contributed by atoms with Gasteiger partial charge >= 0.3 is 12.1 Å². The number of ether oxygens (including phenoxy) is 3. The number of carbonyl (C=O) groups excluding carboxylic acids is 2. The molecule has 0 heterocycles. The van der Waals surface area contributed by atoms with E-state index in [2.05, 4.69) is 6.58 Å². The molecule has 0 atom stereocenters. The number of esters is 1. The summed E-state index contributed by atoms with van der Waals surface area (Å²) >= 11 is 0. The van der Waals surface area contributed by atoms with E-state index in [9.17, 15) is 9.59 Å². The van der Waals surface area contributed by atoms with E-state index in [0.717, 1.165) is 25.7 Å². The molecule has 1 aliphatic rings. The van der Waals surface area contributed by atoms with Gasteiger partial charge in [-0.25, -0.2) is 9.59 Å². The second-order valence-corrected chi connectivity index (χ2v) is 4.39. The third-order valence-corrected chi connectivity index (χ3v) is 2.70. The summed E-state index contributed by atoms with van der Waals surface area (Å²) in [5.41, 5.74) is 0.319. The number of hydrogen-bond acceptors (Lipinski definition) is 5. The second kappa shape index (κ2) is 7.74. The van der Waals surface area contributed by atoms with E-state index in [1.807, 2.05) is 0 Å². The first-order valence-electron chi connectivity index (χ1n) is 6.25. The van der Waals surface area contributed by atoms with Crippen LogP contribution in [-0.4, -0.2) is 31.4 Å². The fraction of sp³-hybridized carbons (Fsp3) is 0.692. The molecule has 1 rings (SSSR count). The molecule has 0 saturated heterocycles. The van der Waals surface area contributed by atoms with Gasteiger partial charge in [-0.1, -0.05) is 13.0 Å². The first-order valence-corrected chi connectivity index (χ1v) is 6.25. The van der Waals surface area contributed by atoms with Gasteiger partial charge in [-0.15, -0.1) is 0 Å². The maximum Gasteiger partial charge on any atom is 0.508 e. The summed E-state index contributed by atoms with van der Waals surface area (Å²) in [6, 6.07) is 0. The van der Waals surface area contributed by atoms with Crippen molar-refractivity contribution in [1.82, 2.24) is 0 Å². The van der Waals surface area contributed by atoms with Crippen molar-refractivity contribution >= 4 is 12.1 Å². The van der Waals surface area contributed by atoms with E-state index in [1.54, 1.807) is 6.92 Å². The summed E-state index contributed by atoms with van der Waals surface area (Å²) in [5.74, 6) is -0.487. The Morgan fingerprint density at radius 3 is 2.33 bits per heavy atom. The molecule has 0 N–H and O–H groups in total. The summed E-state index contributed by atoms with van der Waals surface area (Å²) in [4.78, 5) is 22.3. The molecule has 0 radical (unpaired) electrons. The quantitative estimate of drug-likeness (QED) is 0.430. The molecule has 0 unspecified atom stereocenters. The predicted octanol–water partition coefficient (Wildman–Crippen LogP) is 2.59. The lowest BCUT2D eigenvalue weighted by Crippen LogP contribution is -2.22. The zero-order valence-corrected chi connectivity index (χ0v) is 10.8. The third kappa shape index (κ3) is 5.70. The molecule has 5 nitrogen and oxygen atoms in total. The molecule has 1 aliphatic carbocycles. The molecule has 0 aliphatic heterocycles. The fourth-order valence-corrected chi connectivity index (χ4v) is 1.74. The monoisotopic (exact) mass is 256 g/mol. The standard InChI is InChI=1S/C13H20O5/c1-10(2)12(14)16-8-9-17-13(15)18-11-6-4-3-5-7-11/h11H,1,3-9H2,2H3. The minimum absolute atomic E-state index is 0.00454. The molecule has 18 heavy (non-hydrogen) atoms. The van der Waals surface area contributed by atoms with Crippen molar-refractivity contribution < 1.29 is 23.8 Å². The van der Waals surface area contributed by atoms with E-state index < -0.39 is 12.1 Å². The van der Waals surface area contributed by atoms with Crippen LogP contribution in [0.1, 0.15) is 39.0 Å². The molecular weight excluding hydrogens is 236 g/mol. The van der Waals surface area contributed by atoms with Crippen LogP contribution in [0.3, 0.4) is 0 Å². The molecule has 5 heteroatoms. The second-order valence-electron chi connectivity index (χ2n) is 4.39.